The summed E-state index contributed by atoms with van der Waals surface area (Å²) in [5, 5.41) is 9.31. The zero-order chi connectivity index (χ0) is 13.4. The zero-order valence-corrected chi connectivity index (χ0v) is 13.1. The zero-order valence-electron chi connectivity index (χ0n) is 12.3. The summed E-state index contributed by atoms with van der Waals surface area (Å²) in [5.74, 6) is 3.35. The van der Waals surface area contributed by atoms with Gasteiger partial charge in [-0.05, 0) is 18.1 Å². The van der Waals surface area contributed by atoms with Gasteiger partial charge in [-0.1, -0.05) is 20.8 Å². The molecule has 1 unspecified atom stereocenters. The van der Waals surface area contributed by atoms with Crippen LogP contribution in [0.1, 0.15) is 27.2 Å². The first kappa shape index (κ1) is 16.3. The molecule has 0 radical (unpaired) electrons. The van der Waals surface area contributed by atoms with Crippen LogP contribution in [0.15, 0.2) is 0 Å². The summed E-state index contributed by atoms with van der Waals surface area (Å²) in [6.07, 6.45) is 1.06. The van der Waals surface area contributed by atoms with Gasteiger partial charge in [0.1, 0.15) is 0 Å². The third-order valence-corrected chi connectivity index (χ3v) is 4.98. The largest absolute Gasteiger partial charge is 0.395 e. The van der Waals surface area contributed by atoms with Crippen molar-refractivity contribution >= 4 is 11.8 Å². The molecule has 18 heavy (non-hydrogen) atoms. The molecule has 0 aliphatic carbocycles. The summed E-state index contributed by atoms with van der Waals surface area (Å²) >= 11 is 2.08. The Hall–Kier alpha value is 0.230. The first-order valence-corrected chi connectivity index (χ1v) is 8.47. The normalized spacial score (nSPS) is 20.5. The maximum atomic E-state index is 9.31. The Balaban J connectivity index is 2.11. The van der Waals surface area contributed by atoms with Crippen LogP contribution in [0.5, 0.6) is 0 Å². The highest BCUT2D eigenvalue weighted by Crippen LogP contribution is 2.11. The molecule has 1 rings (SSSR count). The van der Waals surface area contributed by atoms with E-state index in [1.807, 2.05) is 0 Å². The second-order valence-electron chi connectivity index (χ2n) is 5.59. The summed E-state index contributed by atoms with van der Waals surface area (Å²) in [5.41, 5.74) is 0. The predicted octanol–water partition coefficient (Wildman–Crippen LogP) is 1.76. The molecule has 0 spiro atoms. The molecule has 1 aliphatic rings. The van der Waals surface area contributed by atoms with Crippen molar-refractivity contribution in [1.82, 2.24) is 9.80 Å². The first-order chi connectivity index (χ1) is 8.67. The number of nitrogens with zero attached hydrogens (tertiary/aromatic N) is 2. The molecule has 1 atom stereocenters. The van der Waals surface area contributed by atoms with E-state index in [0.717, 1.165) is 25.4 Å². The number of rotatable bonds is 8. The van der Waals surface area contributed by atoms with E-state index in [2.05, 4.69) is 42.3 Å². The summed E-state index contributed by atoms with van der Waals surface area (Å²) < 4.78 is 0. The van der Waals surface area contributed by atoms with Gasteiger partial charge in [-0.2, -0.15) is 11.8 Å². The van der Waals surface area contributed by atoms with Crippen LogP contribution in [0, 0.1) is 5.92 Å². The van der Waals surface area contributed by atoms with Crippen LogP contribution in [-0.4, -0.2) is 71.8 Å². The fourth-order valence-corrected chi connectivity index (χ4v) is 3.39. The Morgan fingerprint density at radius 2 is 1.83 bits per heavy atom. The van der Waals surface area contributed by atoms with Crippen molar-refractivity contribution in [1.29, 1.82) is 0 Å². The molecule has 0 aromatic heterocycles. The van der Waals surface area contributed by atoms with Crippen LogP contribution in [0.3, 0.4) is 0 Å². The van der Waals surface area contributed by atoms with Crippen molar-refractivity contribution in [2.24, 2.45) is 5.92 Å². The summed E-state index contributed by atoms with van der Waals surface area (Å²) in [7, 11) is 0. The van der Waals surface area contributed by atoms with E-state index in [4.69, 9.17) is 0 Å². The summed E-state index contributed by atoms with van der Waals surface area (Å²) in [6.45, 7) is 12.8. The van der Waals surface area contributed by atoms with Crippen LogP contribution >= 0.6 is 11.8 Å². The molecule has 1 fully saturated rings. The van der Waals surface area contributed by atoms with Crippen molar-refractivity contribution < 1.29 is 5.11 Å². The van der Waals surface area contributed by atoms with Crippen molar-refractivity contribution in [3.63, 3.8) is 0 Å². The molecule has 1 heterocycles. The van der Waals surface area contributed by atoms with Crippen molar-refractivity contribution in [3.8, 4) is 0 Å². The number of hydrogen-bond donors (Lipinski definition) is 1. The molecule has 0 amide bonds. The first-order valence-electron chi connectivity index (χ1n) is 7.32. The number of aliphatic hydroxyl groups excluding tert-OH is 1. The van der Waals surface area contributed by atoms with Gasteiger partial charge in [-0.15, -0.1) is 0 Å². The van der Waals surface area contributed by atoms with Gasteiger partial charge in [0.25, 0.3) is 0 Å². The monoisotopic (exact) mass is 274 g/mol. The molecule has 1 aliphatic heterocycles. The van der Waals surface area contributed by atoms with E-state index in [9.17, 15) is 5.11 Å². The molecule has 108 valence electrons. The standard InChI is InChI=1S/C14H30N2OS/c1-4-14(11-17)16-7-5-15(6-8-16)9-10-18-12-13(2)3/h13-14,17H,4-12H2,1-3H3. The molecular weight excluding hydrogens is 244 g/mol. The van der Waals surface area contributed by atoms with E-state index < -0.39 is 0 Å². The second-order valence-corrected chi connectivity index (χ2v) is 6.74. The third-order valence-electron chi connectivity index (χ3n) is 3.61. The van der Waals surface area contributed by atoms with Crippen LogP contribution in [0.2, 0.25) is 0 Å². The lowest BCUT2D eigenvalue weighted by molar-refractivity contribution is 0.0661. The number of hydrogen-bond acceptors (Lipinski definition) is 4. The van der Waals surface area contributed by atoms with Crippen molar-refractivity contribution in [2.45, 2.75) is 33.2 Å². The maximum Gasteiger partial charge on any atom is 0.0586 e. The van der Waals surface area contributed by atoms with Gasteiger partial charge in [-0.25, -0.2) is 0 Å². The lowest BCUT2D eigenvalue weighted by Gasteiger charge is -2.38. The minimum atomic E-state index is 0.306. The van der Waals surface area contributed by atoms with E-state index in [0.29, 0.717) is 12.6 Å². The van der Waals surface area contributed by atoms with Crippen LogP contribution in [0.25, 0.3) is 0 Å². The molecule has 3 nitrogen and oxygen atoms in total. The Morgan fingerprint density at radius 1 is 1.17 bits per heavy atom. The minimum Gasteiger partial charge on any atom is -0.395 e. The van der Waals surface area contributed by atoms with Gasteiger partial charge >= 0.3 is 0 Å². The highest BCUT2D eigenvalue weighted by atomic mass is 32.2. The van der Waals surface area contributed by atoms with E-state index in [-0.39, 0.29) is 0 Å². The van der Waals surface area contributed by atoms with E-state index in [1.54, 1.807) is 0 Å². The average molecular weight is 274 g/mol. The van der Waals surface area contributed by atoms with Crippen LogP contribution in [-0.2, 0) is 0 Å². The van der Waals surface area contributed by atoms with Gasteiger partial charge in [-0.3, -0.25) is 9.80 Å². The average Bonchev–Trinajstić information content (AvgIpc) is 2.37. The second kappa shape index (κ2) is 9.18. The van der Waals surface area contributed by atoms with Gasteiger partial charge in [0.05, 0.1) is 6.61 Å². The molecule has 4 heteroatoms. The molecule has 0 aromatic carbocycles. The molecule has 0 bridgehead atoms. The highest BCUT2D eigenvalue weighted by molar-refractivity contribution is 7.99. The molecule has 1 saturated heterocycles. The summed E-state index contributed by atoms with van der Waals surface area (Å²) in [4.78, 5) is 5.01. The maximum absolute atomic E-state index is 9.31. The number of aliphatic hydroxyl groups is 1. The number of piperazine rings is 1. The van der Waals surface area contributed by atoms with Gasteiger partial charge in [0, 0.05) is 44.5 Å². The van der Waals surface area contributed by atoms with Crippen LogP contribution in [0.4, 0.5) is 0 Å². The van der Waals surface area contributed by atoms with Gasteiger partial charge in [0.2, 0.25) is 0 Å². The van der Waals surface area contributed by atoms with E-state index >= 15 is 0 Å². The fraction of sp³-hybridized carbons (Fsp3) is 1.00. The Bertz CT molecular complexity index is 202. The fourth-order valence-electron chi connectivity index (χ4n) is 2.37. The van der Waals surface area contributed by atoms with E-state index in [1.165, 1.54) is 31.1 Å². The van der Waals surface area contributed by atoms with Gasteiger partial charge in [0.15, 0.2) is 0 Å². The highest BCUT2D eigenvalue weighted by Gasteiger charge is 2.21. The molecular formula is C14H30N2OS. The smallest absolute Gasteiger partial charge is 0.0586 e. The SMILES string of the molecule is CCC(CO)N1CCN(CCSCC(C)C)CC1. The number of thioether (sulfide) groups is 1. The topological polar surface area (TPSA) is 26.7 Å². The minimum absolute atomic E-state index is 0.306. The third kappa shape index (κ3) is 5.91. The molecule has 0 saturated carbocycles. The van der Waals surface area contributed by atoms with Crippen molar-refractivity contribution in [2.75, 3.05) is 50.8 Å². The van der Waals surface area contributed by atoms with Crippen LogP contribution < -0.4 is 0 Å². The Labute approximate surface area is 117 Å². The lowest BCUT2D eigenvalue weighted by atomic mass is 10.1. The Kier molecular flexibility index (Phi) is 8.31. The molecule has 1 N–H and O–H groups in total. The lowest BCUT2D eigenvalue weighted by Crippen LogP contribution is -2.51. The van der Waals surface area contributed by atoms with Gasteiger partial charge < -0.3 is 5.11 Å². The van der Waals surface area contributed by atoms with Crippen molar-refractivity contribution in [3.05, 3.63) is 0 Å². The molecule has 0 aromatic rings. The predicted molar refractivity (Wildman–Crippen MR) is 81.3 cm³/mol. The Morgan fingerprint density at radius 3 is 2.33 bits per heavy atom. The summed E-state index contributed by atoms with van der Waals surface area (Å²) in [6, 6.07) is 0.377. The quantitative estimate of drug-likeness (QED) is 0.682.